The van der Waals surface area contributed by atoms with Gasteiger partial charge < -0.3 is 9.64 Å². The van der Waals surface area contributed by atoms with Gasteiger partial charge >= 0.3 is 5.97 Å². The molecule has 0 N–H and O–H groups in total. The fraction of sp³-hybridized carbons (Fsp3) is 0.500. The molecule has 1 aromatic heterocycles. The zero-order valence-corrected chi connectivity index (χ0v) is 12.8. The number of carbonyl (C=O) groups excluding carboxylic acids is 2. The van der Waals surface area contributed by atoms with Crippen LogP contribution in [-0.4, -0.2) is 46.7 Å². The van der Waals surface area contributed by atoms with Gasteiger partial charge in [-0.3, -0.25) is 4.79 Å². The first kappa shape index (κ1) is 16.7. The number of thioether (sulfide) groups is 1. The van der Waals surface area contributed by atoms with Crippen molar-refractivity contribution in [3.63, 3.8) is 0 Å². The molecule has 0 aliphatic carbocycles. The van der Waals surface area contributed by atoms with Crippen molar-refractivity contribution in [2.75, 3.05) is 13.1 Å². The summed E-state index contributed by atoms with van der Waals surface area (Å²) in [6.07, 6.45) is 2.24. The van der Waals surface area contributed by atoms with Crippen LogP contribution in [0.5, 0.6) is 0 Å². The van der Waals surface area contributed by atoms with Crippen LogP contribution in [-0.2, 0) is 9.53 Å². The lowest BCUT2D eigenvalue weighted by Crippen LogP contribution is -2.38. The third kappa shape index (κ3) is 4.16. The predicted molar refractivity (Wildman–Crippen MR) is 76.8 cm³/mol. The highest BCUT2D eigenvalue weighted by atomic mass is 32.2. The van der Waals surface area contributed by atoms with Crippen LogP contribution in [0.2, 0.25) is 0 Å². The van der Waals surface area contributed by atoms with E-state index in [-0.39, 0.29) is 28.3 Å². The summed E-state index contributed by atoms with van der Waals surface area (Å²) in [5, 5.41) is -0.108. The predicted octanol–water partition coefficient (Wildman–Crippen LogP) is 2.56. The van der Waals surface area contributed by atoms with Crippen molar-refractivity contribution in [3.8, 4) is 0 Å². The minimum Gasteiger partial charge on any atom is -0.449 e. The first-order chi connectivity index (χ1) is 10.5. The Morgan fingerprint density at radius 2 is 2.05 bits per heavy atom. The highest BCUT2D eigenvalue weighted by molar-refractivity contribution is 7.99. The second kappa shape index (κ2) is 7.53. The molecule has 1 aliphatic rings. The first-order valence-corrected chi connectivity index (χ1v) is 7.76. The maximum absolute atomic E-state index is 12.5. The molecule has 1 fully saturated rings. The number of rotatable bonds is 5. The molecule has 0 bridgehead atoms. The summed E-state index contributed by atoms with van der Waals surface area (Å²) in [6, 6.07) is 2.81. The quantitative estimate of drug-likeness (QED) is 0.613. The van der Waals surface area contributed by atoms with E-state index < -0.39 is 17.8 Å². The Hall–Kier alpha value is -1.70. The van der Waals surface area contributed by atoms with Crippen molar-refractivity contribution in [3.05, 3.63) is 23.9 Å². The maximum Gasteiger partial charge on any atom is 0.341 e. The van der Waals surface area contributed by atoms with E-state index in [9.17, 15) is 18.4 Å². The van der Waals surface area contributed by atoms with E-state index in [2.05, 4.69) is 4.98 Å². The number of esters is 1. The molecular formula is C14H16F2N2O3S. The molecule has 22 heavy (non-hydrogen) atoms. The Labute approximate surface area is 131 Å². The van der Waals surface area contributed by atoms with Gasteiger partial charge in [0.2, 0.25) is 0 Å². The summed E-state index contributed by atoms with van der Waals surface area (Å²) in [5.74, 6) is -3.78. The van der Waals surface area contributed by atoms with Crippen LogP contribution in [0.15, 0.2) is 23.4 Å². The minimum absolute atomic E-state index is 0.0612. The van der Waals surface area contributed by atoms with Gasteiger partial charge in [-0.25, -0.2) is 9.78 Å². The number of nitrogens with zero attached hydrogens (tertiary/aromatic N) is 2. The number of hydrogen-bond acceptors (Lipinski definition) is 5. The Kier molecular flexibility index (Phi) is 5.70. The number of ether oxygens (including phenoxy) is 1. The Balaban J connectivity index is 2.03. The fourth-order valence-electron chi connectivity index (χ4n) is 2.19. The van der Waals surface area contributed by atoms with Crippen molar-refractivity contribution >= 4 is 23.6 Å². The van der Waals surface area contributed by atoms with Crippen LogP contribution in [0, 0.1) is 0 Å². The SMILES string of the molecule is CC(OC(=O)c1cccnc1SC(F)F)C(=O)N1CCCC1. The van der Waals surface area contributed by atoms with Crippen LogP contribution in [0.25, 0.3) is 0 Å². The summed E-state index contributed by atoms with van der Waals surface area (Å²) < 4.78 is 30.0. The summed E-state index contributed by atoms with van der Waals surface area (Å²) in [7, 11) is 0. The summed E-state index contributed by atoms with van der Waals surface area (Å²) >= 11 is 0.174. The highest BCUT2D eigenvalue weighted by Crippen LogP contribution is 2.27. The second-order valence-electron chi connectivity index (χ2n) is 4.81. The van der Waals surface area contributed by atoms with Crippen molar-refractivity contribution in [2.24, 2.45) is 0 Å². The number of pyridine rings is 1. The van der Waals surface area contributed by atoms with Crippen LogP contribution in [0.1, 0.15) is 30.1 Å². The number of likely N-dealkylation sites (tertiary alicyclic amines) is 1. The van der Waals surface area contributed by atoms with E-state index in [1.165, 1.54) is 25.3 Å². The third-order valence-corrected chi connectivity index (χ3v) is 3.97. The molecule has 2 heterocycles. The molecule has 1 unspecified atom stereocenters. The topological polar surface area (TPSA) is 59.5 Å². The van der Waals surface area contributed by atoms with E-state index in [1.807, 2.05) is 0 Å². The van der Waals surface area contributed by atoms with Crippen molar-refractivity contribution in [1.29, 1.82) is 0 Å². The Morgan fingerprint density at radius 1 is 1.36 bits per heavy atom. The lowest BCUT2D eigenvalue weighted by Gasteiger charge is -2.20. The molecule has 0 spiro atoms. The molecule has 0 aromatic carbocycles. The molecule has 8 heteroatoms. The van der Waals surface area contributed by atoms with Crippen molar-refractivity contribution < 1.29 is 23.1 Å². The molecule has 5 nitrogen and oxygen atoms in total. The maximum atomic E-state index is 12.5. The van der Waals surface area contributed by atoms with E-state index in [1.54, 1.807) is 4.90 Å². The van der Waals surface area contributed by atoms with Crippen molar-refractivity contribution in [2.45, 2.75) is 36.7 Å². The van der Waals surface area contributed by atoms with E-state index in [0.717, 1.165) is 12.8 Å². The van der Waals surface area contributed by atoms with Gasteiger partial charge in [0.25, 0.3) is 11.7 Å². The molecule has 2 rings (SSSR count). The monoisotopic (exact) mass is 330 g/mol. The molecule has 120 valence electrons. The van der Waals surface area contributed by atoms with Gasteiger partial charge in [0, 0.05) is 19.3 Å². The molecule has 1 atom stereocenters. The van der Waals surface area contributed by atoms with Gasteiger partial charge in [0.15, 0.2) is 6.10 Å². The number of halogens is 2. The van der Waals surface area contributed by atoms with Gasteiger partial charge in [-0.15, -0.1) is 0 Å². The lowest BCUT2D eigenvalue weighted by molar-refractivity contribution is -0.138. The second-order valence-corrected chi connectivity index (χ2v) is 5.79. The minimum atomic E-state index is -2.69. The number of hydrogen-bond donors (Lipinski definition) is 0. The van der Waals surface area contributed by atoms with Gasteiger partial charge in [0.05, 0.1) is 5.56 Å². The third-order valence-electron chi connectivity index (χ3n) is 3.24. The average molecular weight is 330 g/mol. The Morgan fingerprint density at radius 3 is 2.68 bits per heavy atom. The zero-order valence-electron chi connectivity index (χ0n) is 12.0. The number of amides is 1. The molecule has 0 saturated carbocycles. The molecular weight excluding hydrogens is 314 g/mol. The van der Waals surface area contributed by atoms with Gasteiger partial charge in [-0.05, 0) is 43.7 Å². The average Bonchev–Trinajstić information content (AvgIpc) is 3.00. The summed E-state index contributed by atoms with van der Waals surface area (Å²) in [5.41, 5.74) is -0.0612. The van der Waals surface area contributed by atoms with Gasteiger partial charge in [-0.1, -0.05) is 0 Å². The molecule has 1 aliphatic heterocycles. The first-order valence-electron chi connectivity index (χ1n) is 6.88. The molecule has 1 saturated heterocycles. The lowest BCUT2D eigenvalue weighted by atomic mass is 10.3. The number of alkyl halides is 2. The normalized spacial score (nSPS) is 15.9. The largest absolute Gasteiger partial charge is 0.449 e. The van der Waals surface area contributed by atoms with Crippen molar-refractivity contribution in [1.82, 2.24) is 9.88 Å². The van der Waals surface area contributed by atoms with E-state index in [0.29, 0.717) is 13.1 Å². The van der Waals surface area contributed by atoms with E-state index >= 15 is 0 Å². The molecule has 0 radical (unpaired) electrons. The standard InChI is InChI=1S/C14H16F2N2O3S/c1-9(12(19)18-7-2-3-8-18)21-13(20)10-5-4-6-17-11(10)22-14(15)16/h4-6,9,14H,2-3,7-8H2,1H3. The fourth-order valence-corrected chi connectivity index (χ4v) is 2.76. The number of carbonyl (C=O) groups is 2. The highest BCUT2D eigenvalue weighted by Gasteiger charge is 2.27. The summed E-state index contributed by atoms with van der Waals surface area (Å²) in [6.45, 7) is 2.79. The van der Waals surface area contributed by atoms with Gasteiger partial charge in [-0.2, -0.15) is 8.78 Å². The summed E-state index contributed by atoms with van der Waals surface area (Å²) in [4.78, 5) is 29.6. The van der Waals surface area contributed by atoms with Crippen LogP contribution in [0.3, 0.4) is 0 Å². The van der Waals surface area contributed by atoms with E-state index in [4.69, 9.17) is 4.74 Å². The Bertz CT molecular complexity index is 551. The van der Waals surface area contributed by atoms with Gasteiger partial charge in [0.1, 0.15) is 5.03 Å². The smallest absolute Gasteiger partial charge is 0.341 e. The van der Waals surface area contributed by atoms with Crippen LogP contribution in [0.4, 0.5) is 8.78 Å². The zero-order chi connectivity index (χ0) is 16.1. The number of aromatic nitrogens is 1. The van der Waals surface area contributed by atoms with Crippen LogP contribution < -0.4 is 0 Å². The van der Waals surface area contributed by atoms with Crippen LogP contribution >= 0.6 is 11.8 Å². The molecule has 1 aromatic rings. The molecule has 1 amide bonds.